The minimum Gasteiger partial charge on any atom is -0.313 e. The van der Waals surface area contributed by atoms with Gasteiger partial charge in [0, 0.05) is 13.5 Å². The summed E-state index contributed by atoms with van der Waals surface area (Å²) < 4.78 is 1.89. The molecule has 4 heteroatoms. The van der Waals surface area contributed by atoms with E-state index in [0.29, 0.717) is 12.4 Å². The molecule has 1 aromatic heterocycles. The highest BCUT2D eigenvalue weighted by Gasteiger charge is 2.09. The lowest BCUT2D eigenvalue weighted by Gasteiger charge is -2.07. The van der Waals surface area contributed by atoms with Gasteiger partial charge >= 0.3 is 0 Å². The normalized spacial score (nSPS) is 10.4. The van der Waals surface area contributed by atoms with Crippen LogP contribution in [0.2, 0.25) is 0 Å². The van der Waals surface area contributed by atoms with E-state index in [-0.39, 0.29) is 5.91 Å². The van der Waals surface area contributed by atoms with Gasteiger partial charge in [-0.25, -0.2) is 4.98 Å². The molecule has 1 amide bonds. The molecule has 0 bridgehead atoms. The van der Waals surface area contributed by atoms with E-state index in [1.54, 1.807) is 6.20 Å². The summed E-state index contributed by atoms with van der Waals surface area (Å²) in [7, 11) is 1.90. The summed E-state index contributed by atoms with van der Waals surface area (Å²) in [5.74, 6) is 0.552. The number of hydrogen-bond acceptors (Lipinski definition) is 2. The van der Waals surface area contributed by atoms with Gasteiger partial charge < -0.3 is 4.57 Å². The highest BCUT2D eigenvalue weighted by Crippen LogP contribution is 2.22. The molecule has 0 aliphatic heterocycles. The number of benzene rings is 1. The second-order valence-electron chi connectivity index (χ2n) is 4.29. The van der Waals surface area contributed by atoms with Crippen LogP contribution in [0.3, 0.4) is 0 Å². The molecule has 1 N–H and O–H groups in total. The molecule has 0 aliphatic rings. The van der Waals surface area contributed by atoms with Gasteiger partial charge in [0.2, 0.25) is 11.9 Å². The monoisotopic (exact) mass is 243 g/mol. The fourth-order valence-corrected chi connectivity index (χ4v) is 1.73. The van der Waals surface area contributed by atoms with E-state index in [0.717, 1.165) is 11.3 Å². The number of aromatic nitrogens is 2. The maximum absolute atomic E-state index is 11.4. The number of anilines is 1. The SMILES string of the molecule is CCC(=O)Nc1ncc(-c2ccc(C)cc2)n1C. The minimum absolute atomic E-state index is 0.0286. The number of amides is 1. The second-order valence-corrected chi connectivity index (χ2v) is 4.29. The van der Waals surface area contributed by atoms with Crippen LogP contribution in [0.5, 0.6) is 0 Å². The first-order valence-corrected chi connectivity index (χ1v) is 6.00. The molecule has 0 radical (unpaired) electrons. The standard InChI is InChI=1S/C14H17N3O/c1-4-13(18)16-14-15-9-12(17(14)3)11-7-5-10(2)6-8-11/h5-9H,4H2,1-3H3,(H,15,16,18). The molecule has 1 heterocycles. The molecule has 0 unspecified atom stereocenters. The number of rotatable bonds is 3. The third-order valence-electron chi connectivity index (χ3n) is 2.91. The summed E-state index contributed by atoms with van der Waals surface area (Å²) >= 11 is 0. The van der Waals surface area contributed by atoms with E-state index >= 15 is 0 Å². The average molecular weight is 243 g/mol. The van der Waals surface area contributed by atoms with Gasteiger partial charge in [-0.1, -0.05) is 36.8 Å². The quantitative estimate of drug-likeness (QED) is 0.901. The maximum atomic E-state index is 11.4. The van der Waals surface area contributed by atoms with Crippen LogP contribution in [0.1, 0.15) is 18.9 Å². The summed E-state index contributed by atoms with van der Waals surface area (Å²) in [6, 6.07) is 8.23. The molecular formula is C14H17N3O. The Kier molecular flexibility index (Phi) is 3.46. The van der Waals surface area contributed by atoms with E-state index in [1.165, 1.54) is 5.56 Å². The highest BCUT2D eigenvalue weighted by atomic mass is 16.1. The van der Waals surface area contributed by atoms with Crippen LogP contribution in [-0.2, 0) is 11.8 Å². The smallest absolute Gasteiger partial charge is 0.226 e. The van der Waals surface area contributed by atoms with Crippen LogP contribution < -0.4 is 5.32 Å². The zero-order valence-corrected chi connectivity index (χ0v) is 10.9. The molecule has 18 heavy (non-hydrogen) atoms. The Morgan fingerprint density at radius 3 is 2.61 bits per heavy atom. The molecule has 4 nitrogen and oxygen atoms in total. The number of imidazole rings is 1. The van der Waals surface area contributed by atoms with Crippen LogP contribution in [-0.4, -0.2) is 15.5 Å². The Morgan fingerprint density at radius 1 is 1.33 bits per heavy atom. The molecule has 0 aliphatic carbocycles. The second kappa shape index (κ2) is 5.04. The predicted molar refractivity (Wildman–Crippen MR) is 72.3 cm³/mol. The zero-order chi connectivity index (χ0) is 13.1. The number of aryl methyl sites for hydroxylation is 1. The van der Waals surface area contributed by atoms with E-state index in [9.17, 15) is 4.79 Å². The van der Waals surface area contributed by atoms with Crippen LogP contribution in [0.25, 0.3) is 11.3 Å². The Hall–Kier alpha value is -2.10. The topological polar surface area (TPSA) is 46.9 Å². The number of carbonyl (C=O) groups excluding carboxylic acids is 1. The Balaban J connectivity index is 2.30. The van der Waals surface area contributed by atoms with E-state index < -0.39 is 0 Å². The van der Waals surface area contributed by atoms with Crippen molar-refractivity contribution in [3.63, 3.8) is 0 Å². The molecule has 2 aromatic rings. The Morgan fingerprint density at radius 2 is 2.00 bits per heavy atom. The first-order valence-electron chi connectivity index (χ1n) is 6.00. The zero-order valence-electron chi connectivity index (χ0n) is 10.9. The summed E-state index contributed by atoms with van der Waals surface area (Å²) in [6.07, 6.45) is 2.22. The maximum Gasteiger partial charge on any atom is 0.226 e. The average Bonchev–Trinajstić information content (AvgIpc) is 2.72. The van der Waals surface area contributed by atoms with Gasteiger partial charge in [-0.3, -0.25) is 10.1 Å². The minimum atomic E-state index is -0.0286. The summed E-state index contributed by atoms with van der Waals surface area (Å²) in [4.78, 5) is 15.6. The molecule has 94 valence electrons. The largest absolute Gasteiger partial charge is 0.313 e. The molecule has 0 saturated heterocycles. The Bertz CT molecular complexity index is 555. The van der Waals surface area contributed by atoms with Crippen molar-refractivity contribution in [2.24, 2.45) is 7.05 Å². The third kappa shape index (κ3) is 2.42. The van der Waals surface area contributed by atoms with Crippen molar-refractivity contribution in [2.75, 3.05) is 5.32 Å². The summed E-state index contributed by atoms with van der Waals surface area (Å²) in [6.45, 7) is 3.87. The van der Waals surface area contributed by atoms with E-state index in [1.807, 2.05) is 18.5 Å². The predicted octanol–water partition coefficient (Wildman–Crippen LogP) is 2.74. The van der Waals surface area contributed by atoms with Gasteiger partial charge in [-0.2, -0.15) is 0 Å². The van der Waals surface area contributed by atoms with Crippen LogP contribution in [0.4, 0.5) is 5.95 Å². The van der Waals surface area contributed by atoms with Crippen LogP contribution in [0, 0.1) is 6.92 Å². The van der Waals surface area contributed by atoms with Crippen molar-refractivity contribution >= 4 is 11.9 Å². The summed E-state index contributed by atoms with van der Waals surface area (Å²) in [5, 5.41) is 2.77. The lowest BCUT2D eigenvalue weighted by molar-refractivity contribution is -0.115. The lowest BCUT2D eigenvalue weighted by atomic mass is 10.1. The van der Waals surface area contributed by atoms with Gasteiger partial charge in [0.25, 0.3) is 0 Å². The molecule has 1 aromatic carbocycles. The Labute approximate surface area is 107 Å². The van der Waals surface area contributed by atoms with Crippen molar-refractivity contribution in [3.8, 4) is 11.3 Å². The van der Waals surface area contributed by atoms with Crippen LogP contribution >= 0.6 is 0 Å². The first kappa shape index (κ1) is 12.4. The van der Waals surface area contributed by atoms with Gasteiger partial charge in [0.05, 0.1) is 11.9 Å². The number of carbonyl (C=O) groups is 1. The highest BCUT2D eigenvalue weighted by molar-refractivity contribution is 5.89. The first-order chi connectivity index (χ1) is 8.61. The van der Waals surface area contributed by atoms with Crippen molar-refractivity contribution in [2.45, 2.75) is 20.3 Å². The molecule has 0 saturated carbocycles. The van der Waals surface area contributed by atoms with Gasteiger partial charge in [-0.05, 0) is 12.5 Å². The number of nitrogens with one attached hydrogen (secondary N) is 1. The van der Waals surface area contributed by atoms with Crippen molar-refractivity contribution < 1.29 is 4.79 Å². The lowest BCUT2D eigenvalue weighted by Crippen LogP contribution is -2.13. The van der Waals surface area contributed by atoms with Crippen molar-refractivity contribution in [1.82, 2.24) is 9.55 Å². The summed E-state index contributed by atoms with van der Waals surface area (Å²) in [5.41, 5.74) is 3.30. The van der Waals surface area contributed by atoms with Gasteiger partial charge in [0.1, 0.15) is 0 Å². The molecule has 0 spiro atoms. The molecule has 0 atom stereocenters. The van der Waals surface area contributed by atoms with Crippen LogP contribution in [0.15, 0.2) is 30.5 Å². The van der Waals surface area contributed by atoms with Gasteiger partial charge in [0.15, 0.2) is 0 Å². The fourth-order valence-electron chi connectivity index (χ4n) is 1.73. The van der Waals surface area contributed by atoms with E-state index in [2.05, 4.69) is 41.5 Å². The van der Waals surface area contributed by atoms with Gasteiger partial charge in [-0.15, -0.1) is 0 Å². The van der Waals surface area contributed by atoms with Crippen molar-refractivity contribution in [3.05, 3.63) is 36.0 Å². The fraction of sp³-hybridized carbons (Fsp3) is 0.286. The molecular weight excluding hydrogens is 226 g/mol. The molecule has 0 fully saturated rings. The number of nitrogens with zero attached hydrogens (tertiary/aromatic N) is 2. The third-order valence-corrected chi connectivity index (χ3v) is 2.91. The molecule has 2 rings (SSSR count). The van der Waals surface area contributed by atoms with E-state index in [4.69, 9.17) is 0 Å². The van der Waals surface area contributed by atoms with Crippen molar-refractivity contribution in [1.29, 1.82) is 0 Å². The number of hydrogen-bond donors (Lipinski definition) is 1.